The number of hydrogen-bond acceptors (Lipinski definition) is 3. The van der Waals surface area contributed by atoms with Gasteiger partial charge in [-0.1, -0.05) is 24.0 Å². The van der Waals surface area contributed by atoms with Crippen LogP contribution in [0.3, 0.4) is 0 Å². The van der Waals surface area contributed by atoms with Gasteiger partial charge in [0, 0.05) is 0 Å². The summed E-state index contributed by atoms with van der Waals surface area (Å²) in [5.41, 5.74) is 3.09. The molecule has 0 aromatic heterocycles. The van der Waals surface area contributed by atoms with Crippen LogP contribution in [0.5, 0.6) is 0 Å². The number of esters is 2. The Morgan fingerprint density at radius 2 is 1.21 bits per heavy atom. The van der Waals surface area contributed by atoms with Gasteiger partial charge in [-0.25, -0.2) is 0 Å². The van der Waals surface area contributed by atoms with Gasteiger partial charge in [0.05, 0.1) is 11.8 Å². The summed E-state index contributed by atoms with van der Waals surface area (Å²) in [6, 6.07) is 0. The Morgan fingerprint density at radius 1 is 0.737 bits per heavy atom. The van der Waals surface area contributed by atoms with Crippen molar-refractivity contribution in [3.05, 3.63) is 11.1 Å². The molecule has 0 bridgehead atoms. The fourth-order valence-electron chi connectivity index (χ4n) is 5.03. The third-order valence-electron chi connectivity index (χ3n) is 5.73. The molecule has 0 aromatic carbocycles. The van der Waals surface area contributed by atoms with Crippen LogP contribution in [0.2, 0.25) is 0 Å². The number of carbonyl (C=O) groups excluding carboxylic acids is 2. The highest BCUT2D eigenvalue weighted by atomic mass is 16.6. The first-order valence-corrected chi connectivity index (χ1v) is 7.74. The molecule has 0 spiro atoms. The molecule has 3 nitrogen and oxygen atoms in total. The zero-order valence-corrected chi connectivity index (χ0v) is 11.2. The van der Waals surface area contributed by atoms with Crippen LogP contribution in [0.4, 0.5) is 0 Å². The Bertz CT molecular complexity index is 434. The molecule has 0 radical (unpaired) electrons. The van der Waals surface area contributed by atoms with E-state index in [-0.39, 0.29) is 23.8 Å². The summed E-state index contributed by atoms with van der Waals surface area (Å²) in [7, 11) is 0. The van der Waals surface area contributed by atoms with E-state index in [0.29, 0.717) is 11.8 Å². The van der Waals surface area contributed by atoms with E-state index >= 15 is 0 Å². The first-order chi connectivity index (χ1) is 9.27. The average molecular weight is 260 g/mol. The van der Waals surface area contributed by atoms with Crippen molar-refractivity contribution in [3.63, 3.8) is 0 Å². The Labute approximate surface area is 113 Å². The minimum atomic E-state index is -0.232. The average Bonchev–Trinajstić information content (AvgIpc) is 2.75. The van der Waals surface area contributed by atoms with E-state index < -0.39 is 0 Å². The molecule has 3 fully saturated rings. The van der Waals surface area contributed by atoms with Crippen molar-refractivity contribution < 1.29 is 14.3 Å². The third kappa shape index (κ3) is 1.56. The zero-order chi connectivity index (χ0) is 13.0. The van der Waals surface area contributed by atoms with Crippen molar-refractivity contribution in [2.24, 2.45) is 23.7 Å². The van der Waals surface area contributed by atoms with Crippen molar-refractivity contribution in [1.82, 2.24) is 0 Å². The molecule has 3 heteroatoms. The van der Waals surface area contributed by atoms with Gasteiger partial charge in [0.2, 0.25) is 0 Å². The number of carbonyl (C=O) groups is 2. The SMILES string of the molecule is O=C1OC(=O)[C@H]2[C@H]1[C@@H]1CCCCC1=C1CCCC[C@@H]12. The van der Waals surface area contributed by atoms with Crippen LogP contribution < -0.4 is 0 Å². The Balaban J connectivity index is 1.83. The molecule has 4 rings (SSSR count). The molecular formula is C16H20O3. The van der Waals surface area contributed by atoms with E-state index in [0.717, 1.165) is 25.7 Å². The number of allylic oxidation sites excluding steroid dienone is 2. The molecule has 2 saturated carbocycles. The molecular weight excluding hydrogens is 240 g/mol. The largest absolute Gasteiger partial charge is 0.393 e. The van der Waals surface area contributed by atoms with Crippen molar-refractivity contribution in [1.29, 1.82) is 0 Å². The van der Waals surface area contributed by atoms with E-state index in [1.807, 2.05) is 0 Å². The molecule has 102 valence electrons. The highest BCUT2D eigenvalue weighted by Gasteiger charge is 2.56. The molecule has 19 heavy (non-hydrogen) atoms. The van der Waals surface area contributed by atoms with E-state index in [4.69, 9.17) is 4.74 Å². The summed E-state index contributed by atoms with van der Waals surface area (Å²) in [6.07, 6.45) is 9.35. The molecule has 1 saturated heterocycles. The number of fused-ring (bicyclic) bond motifs is 5. The summed E-state index contributed by atoms with van der Waals surface area (Å²) in [5, 5.41) is 0. The Hall–Kier alpha value is -1.12. The standard InChI is InChI=1S/C16H20O3/c17-15-13-11-7-3-1-5-9(11)10-6-2-4-8-12(10)14(13)16(18)19-15/h11-14H,1-8H2/t11-,12+,13-,14-/m1/s1. The third-order valence-corrected chi connectivity index (χ3v) is 5.73. The minimum absolute atomic E-state index is 0.144. The second-order valence-electron chi connectivity index (χ2n) is 6.55. The molecule has 1 heterocycles. The lowest BCUT2D eigenvalue weighted by atomic mass is 9.58. The van der Waals surface area contributed by atoms with Crippen LogP contribution >= 0.6 is 0 Å². The molecule has 1 aliphatic heterocycles. The lowest BCUT2D eigenvalue weighted by molar-refractivity contribution is -0.154. The molecule has 3 aliphatic carbocycles. The van der Waals surface area contributed by atoms with Crippen LogP contribution in [-0.2, 0) is 14.3 Å². The Kier molecular flexibility index (Phi) is 2.58. The van der Waals surface area contributed by atoms with Gasteiger partial charge in [-0.3, -0.25) is 9.59 Å². The first kappa shape index (κ1) is 11.7. The topological polar surface area (TPSA) is 43.4 Å². The molecule has 0 unspecified atom stereocenters. The number of ether oxygens (including phenoxy) is 1. The maximum Gasteiger partial charge on any atom is 0.318 e. The highest BCUT2D eigenvalue weighted by molar-refractivity contribution is 5.97. The van der Waals surface area contributed by atoms with Gasteiger partial charge in [-0.15, -0.1) is 0 Å². The number of rotatable bonds is 0. The molecule has 0 N–H and O–H groups in total. The maximum absolute atomic E-state index is 12.1. The fraction of sp³-hybridized carbons (Fsp3) is 0.750. The van der Waals surface area contributed by atoms with Crippen LogP contribution in [0, 0.1) is 23.7 Å². The van der Waals surface area contributed by atoms with Gasteiger partial charge in [0.15, 0.2) is 0 Å². The summed E-state index contributed by atoms with van der Waals surface area (Å²) in [6.45, 7) is 0. The van der Waals surface area contributed by atoms with Crippen LogP contribution in [-0.4, -0.2) is 11.9 Å². The van der Waals surface area contributed by atoms with Gasteiger partial charge >= 0.3 is 11.9 Å². The Morgan fingerprint density at radius 3 is 1.68 bits per heavy atom. The van der Waals surface area contributed by atoms with Crippen molar-refractivity contribution >= 4 is 11.9 Å². The quantitative estimate of drug-likeness (QED) is 0.382. The smallest absolute Gasteiger partial charge is 0.318 e. The molecule has 0 amide bonds. The maximum atomic E-state index is 12.1. The fourth-order valence-corrected chi connectivity index (χ4v) is 5.03. The van der Waals surface area contributed by atoms with Gasteiger partial charge in [0.25, 0.3) is 0 Å². The summed E-state index contributed by atoms with van der Waals surface area (Å²) >= 11 is 0. The van der Waals surface area contributed by atoms with E-state index in [1.54, 1.807) is 11.1 Å². The van der Waals surface area contributed by atoms with Gasteiger partial charge in [-0.2, -0.15) is 0 Å². The van der Waals surface area contributed by atoms with Crippen LogP contribution in [0.25, 0.3) is 0 Å². The number of cyclic esters (lactones) is 2. The zero-order valence-electron chi connectivity index (χ0n) is 11.2. The van der Waals surface area contributed by atoms with E-state index in [9.17, 15) is 9.59 Å². The summed E-state index contributed by atoms with van der Waals surface area (Å²) < 4.78 is 5.00. The normalized spacial score (nSPS) is 41.5. The van der Waals surface area contributed by atoms with Crippen molar-refractivity contribution in [3.8, 4) is 0 Å². The lowest BCUT2D eigenvalue weighted by Crippen LogP contribution is -2.41. The second-order valence-corrected chi connectivity index (χ2v) is 6.55. The van der Waals surface area contributed by atoms with Gasteiger partial charge in [0.1, 0.15) is 0 Å². The van der Waals surface area contributed by atoms with Crippen molar-refractivity contribution in [2.75, 3.05) is 0 Å². The van der Waals surface area contributed by atoms with E-state index in [2.05, 4.69) is 0 Å². The monoisotopic (exact) mass is 260 g/mol. The summed E-state index contributed by atoms with van der Waals surface area (Å²) in [5.74, 6) is -0.110. The van der Waals surface area contributed by atoms with Crippen LogP contribution in [0.15, 0.2) is 11.1 Å². The van der Waals surface area contributed by atoms with Gasteiger partial charge in [-0.05, 0) is 50.4 Å². The molecule has 0 aromatic rings. The van der Waals surface area contributed by atoms with Gasteiger partial charge < -0.3 is 4.74 Å². The highest BCUT2D eigenvalue weighted by Crippen LogP contribution is 2.55. The molecule has 4 aliphatic rings. The number of hydrogen-bond donors (Lipinski definition) is 0. The summed E-state index contributed by atoms with van der Waals surface area (Å²) in [4.78, 5) is 24.2. The van der Waals surface area contributed by atoms with E-state index in [1.165, 1.54) is 25.7 Å². The first-order valence-electron chi connectivity index (χ1n) is 7.74. The predicted molar refractivity (Wildman–Crippen MR) is 69.0 cm³/mol. The lowest BCUT2D eigenvalue weighted by Gasteiger charge is -2.43. The van der Waals surface area contributed by atoms with Crippen molar-refractivity contribution in [2.45, 2.75) is 51.4 Å². The molecule has 4 atom stereocenters. The second kappa shape index (κ2) is 4.19. The minimum Gasteiger partial charge on any atom is -0.393 e. The predicted octanol–water partition coefficient (Wildman–Crippen LogP) is 2.99. The van der Waals surface area contributed by atoms with Crippen LogP contribution in [0.1, 0.15) is 51.4 Å².